The molecular formula is C21H27ClN2O2. The molecule has 1 aliphatic rings. The lowest BCUT2D eigenvalue weighted by Gasteiger charge is -2.26. The quantitative estimate of drug-likeness (QED) is 0.720. The lowest BCUT2D eigenvalue weighted by molar-refractivity contribution is 0.00468. The molecule has 1 aliphatic carbocycles. The molecule has 140 valence electrons. The molecule has 0 spiro atoms. The van der Waals surface area contributed by atoms with E-state index in [1.54, 1.807) is 24.3 Å². The van der Waals surface area contributed by atoms with Gasteiger partial charge in [0, 0.05) is 16.9 Å². The van der Waals surface area contributed by atoms with Gasteiger partial charge in [0.1, 0.15) is 0 Å². The van der Waals surface area contributed by atoms with Crippen molar-refractivity contribution in [3.8, 4) is 0 Å². The van der Waals surface area contributed by atoms with Gasteiger partial charge in [-0.1, -0.05) is 38.0 Å². The molecule has 26 heavy (non-hydrogen) atoms. The first-order chi connectivity index (χ1) is 12.1. The van der Waals surface area contributed by atoms with Crippen molar-refractivity contribution >= 4 is 29.7 Å². The maximum atomic E-state index is 12.3. The molecule has 3 rings (SSSR count). The molecule has 0 aromatic heterocycles. The van der Waals surface area contributed by atoms with Crippen molar-refractivity contribution in [3.05, 3.63) is 59.7 Å². The van der Waals surface area contributed by atoms with E-state index in [1.807, 2.05) is 24.3 Å². The van der Waals surface area contributed by atoms with Crippen LogP contribution >= 0.6 is 12.4 Å². The van der Waals surface area contributed by atoms with Gasteiger partial charge < -0.3 is 15.8 Å². The second-order valence-corrected chi connectivity index (χ2v) is 6.98. The molecule has 4 nitrogen and oxygen atoms in total. The molecular weight excluding hydrogens is 348 g/mol. The zero-order valence-corrected chi connectivity index (χ0v) is 15.9. The van der Waals surface area contributed by atoms with Crippen LogP contribution in [-0.2, 0) is 11.3 Å². The first kappa shape index (κ1) is 20.3. The van der Waals surface area contributed by atoms with Gasteiger partial charge in [-0.05, 0) is 54.7 Å². The first-order valence-electron chi connectivity index (χ1n) is 8.97. The number of benzene rings is 2. The van der Waals surface area contributed by atoms with Crippen LogP contribution in [0.25, 0.3) is 0 Å². The van der Waals surface area contributed by atoms with Gasteiger partial charge in [-0.2, -0.15) is 0 Å². The highest BCUT2D eigenvalue weighted by atomic mass is 35.5. The predicted octanol–water partition coefficient (Wildman–Crippen LogP) is 5.04. The van der Waals surface area contributed by atoms with E-state index in [0.29, 0.717) is 24.0 Å². The summed E-state index contributed by atoms with van der Waals surface area (Å²) in [5.74, 6) is 0.592. The summed E-state index contributed by atoms with van der Waals surface area (Å²) in [7, 11) is 0. The third-order valence-corrected chi connectivity index (χ3v) is 4.71. The Bertz CT molecular complexity index is 735. The van der Waals surface area contributed by atoms with Crippen molar-refractivity contribution in [1.82, 2.24) is 0 Å². The van der Waals surface area contributed by atoms with Crippen LogP contribution in [0.1, 0.15) is 48.5 Å². The summed E-state index contributed by atoms with van der Waals surface area (Å²) in [5.41, 5.74) is 8.71. The fraction of sp³-hybridized carbons (Fsp3) is 0.381. The maximum absolute atomic E-state index is 12.3. The number of carbonyl (C=O) groups is 1. The van der Waals surface area contributed by atoms with Crippen LogP contribution in [0, 0.1) is 5.92 Å². The van der Waals surface area contributed by atoms with Crippen molar-refractivity contribution < 1.29 is 9.53 Å². The molecule has 2 aromatic carbocycles. The topological polar surface area (TPSA) is 64.3 Å². The predicted molar refractivity (Wildman–Crippen MR) is 109 cm³/mol. The highest BCUT2D eigenvalue weighted by molar-refractivity contribution is 6.04. The lowest BCUT2D eigenvalue weighted by atomic mass is 9.89. The summed E-state index contributed by atoms with van der Waals surface area (Å²) >= 11 is 0. The fourth-order valence-electron chi connectivity index (χ4n) is 3.37. The van der Waals surface area contributed by atoms with E-state index >= 15 is 0 Å². The number of amides is 1. The Kier molecular flexibility index (Phi) is 7.49. The summed E-state index contributed by atoms with van der Waals surface area (Å²) in [6.45, 7) is 2.88. The van der Waals surface area contributed by atoms with Crippen molar-refractivity contribution in [2.45, 2.75) is 45.3 Å². The molecule has 5 heteroatoms. The van der Waals surface area contributed by atoms with Gasteiger partial charge in [0.05, 0.1) is 12.7 Å². The monoisotopic (exact) mass is 374 g/mol. The van der Waals surface area contributed by atoms with E-state index in [0.717, 1.165) is 30.0 Å². The van der Waals surface area contributed by atoms with Crippen LogP contribution in [0.4, 0.5) is 11.4 Å². The molecule has 0 radical (unpaired) electrons. The van der Waals surface area contributed by atoms with Gasteiger partial charge in [-0.3, -0.25) is 4.79 Å². The van der Waals surface area contributed by atoms with Crippen molar-refractivity contribution in [3.63, 3.8) is 0 Å². The number of nitrogen functional groups attached to an aromatic ring is 1. The SMILES string of the molecule is CC1CCCC(OCc2cccc(NC(=O)c3cccc(N)c3)c2)C1.Cl. The molecule has 1 amide bonds. The van der Waals surface area contributed by atoms with Gasteiger partial charge >= 0.3 is 0 Å². The van der Waals surface area contributed by atoms with Crippen LogP contribution in [0.5, 0.6) is 0 Å². The standard InChI is InChI=1S/C21H26N2O2.ClH/c1-15-5-2-10-20(11-15)25-14-16-6-3-9-19(12-16)23-21(24)17-7-4-8-18(22)13-17;/h3-4,6-9,12-13,15,20H,2,5,10-11,14,22H2,1H3,(H,23,24);1H. The highest BCUT2D eigenvalue weighted by Gasteiger charge is 2.19. The molecule has 0 bridgehead atoms. The number of anilines is 2. The third-order valence-electron chi connectivity index (χ3n) is 4.71. The normalized spacial score (nSPS) is 19.4. The van der Waals surface area contributed by atoms with E-state index in [-0.39, 0.29) is 18.3 Å². The molecule has 3 N–H and O–H groups in total. The average Bonchev–Trinajstić information content (AvgIpc) is 2.60. The van der Waals surface area contributed by atoms with E-state index in [1.165, 1.54) is 12.8 Å². The van der Waals surface area contributed by atoms with E-state index in [4.69, 9.17) is 10.5 Å². The Morgan fingerprint density at radius 2 is 2.00 bits per heavy atom. The van der Waals surface area contributed by atoms with Gasteiger partial charge in [0.2, 0.25) is 0 Å². The summed E-state index contributed by atoms with van der Waals surface area (Å²) in [4.78, 5) is 12.3. The second-order valence-electron chi connectivity index (χ2n) is 6.98. The Morgan fingerprint density at radius 1 is 1.19 bits per heavy atom. The summed E-state index contributed by atoms with van der Waals surface area (Å²) in [5, 5.41) is 2.92. The minimum Gasteiger partial charge on any atom is -0.399 e. The number of nitrogens with one attached hydrogen (secondary N) is 1. The van der Waals surface area contributed by atoms with E-state index < -0.39 is 0 Å². The first-order valence-corrected chi connectivity index (χ1v) is 8.97. The molecule has 2 unspecified atom stereocenters. The van der Waals surface area contributed by atoms with Gasteiger partial charge in [0.25, 0.3) is 5.91 Å². The van der Waals surface area contributed by atoms with Gasteiger partial charge in [0.15, 0.2) is 0 Å². The Morgan fingerprint density at radius 3 is 2.77 bits per heavy atom. The Hall–Kier alpha value is -2.04. The van der Waals surface area contributed by atoms with Crippen molar-refractivity contribution in [2.75, 3.05) is 11.1 Å². The number of rotatable bonds is 5. The van der Waals surface area contributed by atoms with Crippen molar-refractivity contribution in [2.24, 2.45) is 5.92 Å². The summed E-state index contributed by atoms with van der Waals surface area (Å²) in [6, 6.07) is 14.8. The Labute approximate surface area is 161 Å². The lowest BCUT2D eigenvalue weighted by Crippen LogP contribution is -2.21. The highest BCUT2D eigenvalue weighted by Crippen LogP contribution is 2.26. The molecule has 1 saturated carbocycles. The van der Waals surface area contributed by atoms with Crippen LogP contribution < -0.4 is 11.1 Å². The van der Waals surface area contributed by atoms with Crippen molar-refractivity contribution in [1.29, 1.82) is 0 Å². The number of carbonyl (C=O) groups excluding carboxylic acids is 1. The number of ether oxygens (including phenoxy) is 1. The average molecular weight is 375 g/mol. The minimum atomic E-state index is -0.161. The molecule has 2 atom stereocenters. The van der Waals surface area contributed by atoms with Crippen LogP contribution in [-0.4, -0.2) is 12.0 Å². The molecule has 0 aliphatic heterocycles. The van der Waals surface area contributed by atoms with Crippen LogP contribution in [0.3, 0.4) is 0 Å². The largest absolute Gasteiger partial charge is 0.399 e. The summed E-state index contributed by atoms with van der Waals surface area (Å²) in [6.07, 6.45) is 5.21. The smallest absolute Gasteiger partial charge is 0.255 e. The molecule has 0 saturated heterocycles. The number of hydrogen-bond donors (Lipinski definition) is 2. The third kappa shape index (κ3) is 5.75. The zero-order valence-electron chi connectivity index (χ0n) is 15.1. The maximum Gasteiger partial charge on any atom is 0.255 e. The van der Waals surface area contributed by atoms with E-state index in [9.17, 15) is 4.79 Å². The number of nitrogens with two attached hydrogens (primary N) is 1. The minimum absolute atomic E-state index is 0. The zero-order chi connectivity index (χ0) is 17.6. The van der Waals surface area contributed by atoms with Gasteiger partial charge in [-0.25, -0.2) is 0 Å². The van der Waals surface area contributed by atoms with Crippen LogP contribution in [0.15, 0.2) is 48.5 Å². The molecule has 1 fully saturated rings. The molecule has 2 aromatic rings. The summed E-state index contributed by atoms with van der Waals surface area (Å²) < 4.78 is 6.07. The van der Waals surface area contributed by atoms with E-state index in [2.05, 4.69) is 12.2 Å². The Balaban J connectivity index is 0.00000243. The molecule has 0 heterocycles. The number of hydrogen-bond acceptors (Lipinski definition) is 3. The van der Waals surface area contributed by atoms with Crippen LogP contribution in [0.2, 0.25) is 0 Å². The number of halogens is 1. The second kappa shape index (κ2) is 9.60. The fourth-order valence-corrected chi connectivity index (χ4v) is 3.37. The van der Waals surface area contributed by atoms with Gasteiger partial charge in [-0.15, -0.1) is 12.4 Å².